The molecule has 0 aliphatic carbocycles. The van der Waals surface area contributed by atoms with E-state index in [4.69, 9.17) is 17.7 Å². The summed E-state index contributed by atoms with van der Waals surface area (Å²) in [7, 11) is -6.61. The molecular weight excluding hydrogens is 509 g/mol. The van der Waals surface area contributed by atoms with Crippen LogP contribution < -0.4 is 0 Å². The van der Waals surface area contributed by atoms with Gasteiger partial charge in [0.15, 0.2) is 0 Å². The van der Waals surface area contributed by atoms with E-state index in [0.29, 0.717) is 13.2 Å². The summed E-state index contributed by atoms with van der Waals surface area (Å²) in [5, 5.41) is -0.488. The number of aryl methyl sites for hydroxylation is 2. The second-order valence-electron chi connectivity index (χ2n) is 12.3. The van der Waals surface area contributed by atoms with Gasteiger partial charge in [-0.3, -0.25) is 0 Å². The van der Waals surface area contributed by atoms with Gasteiger partial charge in [0.25, 0.3) is 0 Å². The average Bonchev–Trinajstić information content (AvgIpc) is 3.42. The van der Waals surface area contributed by atoms with Crippen molar-refractivity contribution in [1.82, 2.24) is 0 Å². The molecule has 1 heterocycles. The summed E-state index contributed by atoms with van der Waals surface area (Å²) >= 11 is 0. The first kappa shape index (κ1) is 30.5. The maximum absolute atomic E-state index is 7.08. The normalized spacial score (nSPS) is 22.3. The van der Waals surface area contributed by atoms with Crippen molar-refractivity contribution in [3.8, 4) is 0 Å². The van der Waals surface area contributed by atoms with Crippen molar-refractivity contribution in [2.45, 2.75) is 116 Å². The molecule has 2 aromatic carbocycles. The average molecular weight is 559 g/mol. The van der Waals surface area contributed by atoms with Crippen LogP contribution in [-0.2, 0) is 43.8 Å². The predicted octanol–water partition coefficient (Wildman–Crippen LogP) is 8.08. The largest absolute Gasteiger partial charge is 0.410 e. The zero-order chi connectivity index (χ0) is 27.5. The Morgan fingerprint density at radius 1 is 0.757 bits per heavy atom. The molecule has 7 heteroatoms. The molecule has 1 saturated heterocycles. The van der Waals surface area contributed by atoms with Crippen molar-refractivity contribution in [2.75, 3.05) is 0 Å². The first-order valence-electron chi connectivity index (χ1n) is 14.0. The highest BCUT2D eigenvalue weighted by molar-refractivity contribution is 6.88. The van der Waals surface area contributed by atoms with Crippen LogP contribution in [0, 0.1) is 0 Å². The maximum Gasteiger partial charge on any atom is 0.332 e. The number of hydrogen-bond donors (Lipinski definition) is 0. The molecule has 2 atom stereocenters. The smallest absolute Gasteiger partial charge is 0.332 e. The molecule has 0 aromatic heterocycles. The minimum atomic E-state index is -2.34. The lowest BCUT2D eigenvalue weighted by molar-refractivity contribution is 0.0919. The van der Waals surface area contributed by atoms with E-state index in [9.17, 15) is 0 Å². The topological polar surface area (TPSA) is 36.9 Å². The zero-order valence-corrected chi connectivity index (χ0v) is 28.0. The molecule has 0 amide bonds. The minimum Gasteiger partial charge on any atom is -0.410 e. The number of hydrogen-bond acceptors (Lipinski definition) is 4. The quantitative estimate of drug-likeness (QED) is 0.220. The Morgan fingerprint density at radius 2 is 1.19 bits per heavy atom. The number of benzene rings is 2. The summed E-state index contributed by atoms with van der Waals surface area (Å²) in [5.41, 5.74) is 5.14. The summed E-state index contributed by atoms with van der Waals surface area (Å²) in [5.74, 6) is 0. The molecule has 4 nitrogen and oxygen atoms in total. The van der Waals surface area contributed by atoms with E-state index in [0.717, 1.165) is 25.3 Å². The molecule has 1 aliphatic rings. The first-order chi connectivity index (χ1) is 17.2. The maximum atomic E-state index is 7.08. The van der Waals surface area contributed by atoms with Gasteiger partial charge in [-0.05, 0) is 94.1 Å². The second kappa shape index (κ2) is 11.6. The summed E-state index contributed by atoms with van der Waals surface area (Å²) in [6, 6.07) is 18.5. The van der Waals surface area contributed by atoms with Crippen LogP contribution in [0.5, 0.6) is 0 Å². The molecule has 0 N–H and O–H groups in total. The van der Waals surface area contributed by atoms with Crippen molar-refractivity contribution < 1.29 is 17.7 Å². The van der Waals surface area contributed by atoms with Gasteiger partial charge in [-0.25, -0.2) is 0 Å². The Hall–Kier alpha value is -1.07. The van der Waals surface area contributed by atoms with Gasteiger partial charge in [-0.2, -0.15) is 0 Å². The van der Waals surface area contributed by atoms with Crippen molar-refractivity contribution in [1.29, 1.82) is 0 Å². The lowest BCUT2D eigenvalue weighted by Crippen LogP contribution is -2.58. The highest BCUT2D eigenvalue weighted by Crippen LogP contribution is 2.56. The van der Waals surface area contributed by atoms with E-state index in [1.807, 2.05) is 0 Å². The third-order valence-corrected chi connectivity index (χ3v) is 18.8. The summed E-state index contributed by atoms with van der Waals surface area (Å²) in [4.78, 5) is 0. The fraction of sp³-hybridized carbons (Fsp3) is 0.600. The van der Waals surface area contributed by atoms with Crippen LogP contribution in [0.2, 0.25) is 38.8 Å². The van der Waals surface area contributed by atoms with Crippen molar-refractivity contribution in [3.05, 3.63) is 70.8 Å². The Balaban J connectivity index is 1.61. The lowest BCUT2D eigenvalue weighted by atomic mass is 10.1. The van der Waals surface area contributed by atoms with Crippen LogP contribution in [0.3, 0.4) is 0 Å². The van der Waals surface area contributed by atoms with E-state index in [2.05, 4.69) is 116 Å². The van der Waals surface area contributed by atoms with Crippen LogP contribution in [0.15, 0.2) is 48.5 Å². The molecule has 0 saturated carbocycles. The van der Waals surface area contributed by atoms with Gasteiger partial charge < -0.3 is 17.7 Å². The van der Waals surface area contributed by atoms with Gasteiger partial charge >= 0.3 is 8.56 Å². The van der Waals surface area contributed by atoms with E-state index >= 15 is 0 Å². The van der Waals surface area contributed by atoms with Crippen LogP contribution in [0.25, 0.3) is 0 Å². The van der Waals surface area contributed by atoms with Gasteiger partial charge in [0.2, 0.25) is 16.6 Å². The van der Waals surface area contributed by atoms with Crippen LogP contribution in [0.1, 0.15) is 63.3 Å². The fourth-order valence-corrected chi connectivity index (χ4v) is 15.2. The Morgan fingerprint density at radius 3 is 1.62 bits per heavy atom. The molecule has 0 bridgehead atoms. The monoisotopic (exact) mass is 558 g/mol. The number of rotatable bonds is 14. The molecule has 0 radical (unpaired) electrons. The fourth-order valence-electron chi connectivity index (χ4n) is 4.97. The van der Waals surface area contributed by atoms with Gasteiger partial charge in [0.05, 0.1) is 23.7 Å². The van der Waals surface area contributed by atoms with Crippen LogP contribution in [-0.4, -0.2) is 35.6 Å². The van der Waals surface area contributed by atoms with Gasteiger partial charge in [0, 0.05) is 0 Å². The first-order valence-corrected chi connectivity index (χ1v) is 22.4. The summed E-state index contributed by atoms with van der Waals surface area (Å²) in [6.07, 6.45) is 3.08. The Labute approximate surface area is 229 Å². The summed E-state index contributed by atoms with van der Waals surface area (Å²) in [6.45, 7) is 23.6. The van der Waals surface area contributed by atoms with Crippen molar-refractivity contribution in [2.24, 2.45) is 0 Å². The Kier molecular flexibility index (Phi) is 9.54. The van der Waals surface area contributed by atoms with Gasteiger partial charge in [-0.15, -0.1) is 0 Å². The molecule has 2 aromatic rings. The summed E-state index contributed by atoms with van der Waals surface area (Å²) < 4.78 is 27.0. The van der Waals surface area contributed by atoms with E-state index < -0.39 is 25.2 Å². The third kappa shape index (κ3) is 7.32. The third-order valence-electron chi connectivity index (χ3n) is 8.45. The van der Waals surface area contributed by atoms with Crippen LogP contribution >= 0.6 is 0 Å². The molecule has 206 valence electrons. The molecule has 0 spiro atoms. The van der Waals surface area contributed by atoms with E-state index in [-0.39, 0.29) is 10.4 Å². The molecule has 1 aliphatic heterocycles. The van der Waals surface area contributed by atoms with Crippen molar-refractivity contribution >= 4 is 25.2 Å². The second-order valence-corrected chi connectivity index (χ2v) is 24.0. The molecule has 2 unspecified atom stereocenters. The predicted molar refractivity (Wildman–Crippen MR) is 162 cm³/mol. The SMILES string of the molecule is CCc1ccc(CO[Si](C)(C)OC2(CC)C[Si]2(C)OC(C)(C)[Si](C)(C)OCc2ccc(CC)cc2)cc1. The van der Waals surface area contributed by atoms with Gasteiger partial charge in [-0.1, -0.05) is 69.3 Å². The van der Waals surface area contributed by atoms with Crippen LogP contribution in [0.4, 0.5) is 0 Å². The highest BCUT2D eigenvalue weighted by Gasteiger charge is 2.72. The van der Waals surface area contributed by atoms with E-state index in [1.54, 1.807) is 0 Å². The zero-order valence-electron chi connectivity index (χ0n) is 25.0. The lowest BCUT2D eigenvalue weighted by Gasteiger charge is -2.42. The highest BCUT2D eigenvalue weighted by atomic mass is 28.4. The molecule has 1 fully saturated rings. The minimum absolute atomic E-state index is 0.174. The van der Waals surface area contributed by atoms with Crippen molar-refractivity contribution in [3.63, 3.8) is 0 Å². The van der Waals surface area contributed by atoms with Gasteiger partial charge in [0.1, 0.15) is 0 Å². The Bertz CT molecular complexity index is 1020. The molecule has 37 heavy (non-hydrogen) atoms. The molecular formula is C30H50O4Si3. The van der Waals surface area contributed by atoms with E-state index in [1.165, 1.54) is 22.3 Å². The standard InChI is InChI=1S/C30H50O4Si3/c1-11-25-14-18-27(19-15-25)22-31-35(6,7)29(4,5)33-37(10)24-30(37,13-3)34-36(8,9)32-23-28-20-16-26(12-2)17-21-28/h14-21H,11-13,22-24H2,1-10H3. The molecule has 3 rings (SSSR count).